The Morgan fingerprint density at radius 1 is 0.971 bits per heavy atom. The minimum absolute atomic E-state index is 0.115. The van der Waals surface area contributed by atoms with Crippen molar-refractivity contribution in [3.8, 4) is 5.75 Å². The lowest BCUT2D eigenvalue weighted by Gasteiger charge is -2.25. The fourth-order valence-corrected chi connectivity index (χ4v) is 4.87. The van der Waals surface area contributed by atoms with Crippen LogP contribution in [0.3, 0.4) is 0 Å². The second-order valence-corrected chi connectivity index (χ2v) is 9.77. The van der Waals surface area contributed by atoms with Crippen molar-refractivity contribution >= 4 is 27.8 Å². The number of benzene rings is 3. The number of aryl methyl sites for hydroxylation is 3. The maximum atomic E-state index is 13.5. The van der Waals surface area contributed by atoms with Crippen molar-refractivity contribution in [2.45, 2.75) is 32.6 Å². The standard InChI is InChI=1S/C26H29N3O4S/c1-5-33-23-11-9-22(10-12-23)17-27-28-26(30)18-29(25-15-8-20(3)16-21(25)4)34(31,32)24-13-6-19(2)7-14-24/h6-17H,5,18H2,1-4H3,(H,28,30)/b27-17-. The van der Waals surface area contributed by atoms with Crippen molar-refractivity contribution in [1.82, 2.24) is 5.43 Å². The number of rotatable bonds is 9. The third-order valence-corrected chi connectivity index (χ3v) is 6.89. The molecule has 0 radical (unpaired) electrons. The van der Waals surface area contributed by atoms with Gasteiger partial charge in [-0.15, -0.1) is 0 Å². The molecule has 0 aliphatic heterocycles. The highest BCUT2D eigenvalue weighted by Gasteiger charge is 2.28. The van der Waals surface area contributed by atoms with Gasteiger partial charge < -0.3 is 4.74 Å². The number of carbonyl (C=O) groups excluding carboxylic acids is 1. The van der Waals surface area contributed by atoms with Crippen molar-refractivity contribution in [3.05, 3.63) is 89.0 Å². The molecule has 34 heavy (non-hydrogen) atoms. The van der Waals surface area contributed by atoms with Crippen LogP contribution in [0.1, 0.15) is 29.2 Å². The molecular weight excluding hydrogens is 450 g/mol. The van der Waals surface area contributed by atoms with Crippen LogP contribution in [0.5, 0.6) is 5.75 Å². The monoisotopic (exact) mass is 479 g/mol. The van der Waals surface area contributed by atoms with Gasteiger partial charge in [0.05, 0.1) is 23.4 Å². The minimum atomic E-state index is -3.98. The number of nitrogens with zero attached hydrogens (tertiary/aromatic N) is 2. The average Bonchev–Trinajstić information content (AvgIpc) is 2.79. The summed E-state index contributed by atoms with van der Waals surface area (Å²) in [6.07, 6.45) is 1.49. The molecule has 0 aliphatic rings. The van der Waals surface area contributed by atoms with Gasteiger partial charge >= 0.3 is 0 Å². The second kappa shape index (κ2) is 11.0. The molecule has 0 atom stereocenters. The van der Waals surface area contributed by atoms with E-state index in [0.29, 0.717) is 12.3 Å². The van der Waals surface area contributed by atoms with Crippen LogP contribution < -0.4 is 14.5 Å². The molecule has 0 saturated carbocycles. The first-order valence-electron chi connectivity index (χ1n) is 10.9. The molecule has 8 heteroatoms. The summed E-state index contributed by atoms with van der Waals surface area (Å²) in [5.41, 5.74) is 6.33. The van der Waals surface area contributed by atoms with Gasteiger partial charge in [0.25, 0.3) is 15.9 Å². The second-order valence-electron chi connectivity index (χ2n) is 7.91. The first kappa shape index (κ1) is 25.0. The van der Waals surface area contributed by atoms with Gasteiger partial charge in [-0.2, -0.15) is 5.10 Å². The number of ether oxygens (including phenoxy) is 1. The number of hydrogen-bond donors (Lipinski definition) is 1. The highest BCUT2D eigenvalue weighted by atomic mass is 32.2. The summed E-state index contributed by atoms with van der Waals surface area (Å²) in [4.78, 5) is 12.8. The van der Waals surface area contributed by atoms with Gasteiger partial charge in [-0.1, -0.05) is 35.4 Å². The molecule has 3 aromatic carbocycles. The molecule has 3 aromatic rings. The minimum Gasteiger partial charge on any atom is -0.494 e. The van der Waals surface area contributed by atoms with Crippen molar-refractivity contribution in [2.24, 2.45) is 5.10 Å². The largest absolute Gasteiger partial charge is 0.494 e. The summed E-state index contributed by atoms with van der Waals surface area (Å²) in [6.45, 7) is 7.70. The van der Waals surface area contributed by atoms with Gasteiger partial charge in [0.2, 0.25) is 0 Å². The van der Waals surface area contributed by atoms with Gasteiger partial charge in [-0.25, -0.2) is 13.8 Å². The molecule has 1 amide bonds. The Hall–Kier alpha value is -3.65. The van der Waals surface area contributed by atoms with Crippen molar-refractivity contribution in [2.75, 3.05) is 17.5 Å². The smallest absolute Gasteiger partial charge is 0.264 e. The van der Waals surface area contributed by atoms with E-state index in [-0.39, 0.29) is 4.90 Å². The number of hydrogen-bond acceptors (Lipinski definition) is 5. The zero-order valence-corrected chi connectivity index (χ0v) is 20.6. The van der Waals surface area contributed by atoms with Crippen molar-refractivity contribution in [3.63, 3.8) is 0 Å². The maximum absolute atomic E-state index is 13.5. The molecule has 0 aliphatic carbocycles. The van der Waals surface area contributed by atoms with Crippen LogP contribution in [-0.2, 0) is 14.8 Å². The van der Waals surface area contributed by atoms with E-state index in [1.54, 1.807) is 30.3 Å². The van der Waals surface area contributed by atoms with Gasteiger partial charge in [0.15, 0.2) is 0 Å². The fraction of sp³-hybridized carbons (Fsp3) is 0.231. The first-order chi connectivity index (χ1) is 16.2. The Kier molecular flexibility index (Phi) is 8.07. The predicted octanol–water partition coefficient (Wildman–Crippen LogP) is 4.36. The number of hydrazone groups is 1. The Labute approximate surface area is 201 Å². The zero-order valence-electron chi connectivity index (χ0n) is 19.8. The summed E-state index contributed by atoms with van der Waals surface area (Å²) in [7, 11) is -3.98. The molecule has 0 aromatic heterocycles. The average molecular weight is 480 g/mol. The van der Waals surface area contributed by atoms with Gasteiger partial charge in [0, 0.05) is 0 Å². The Morgan fingerprint density at radius 3 is 2.24 bits per heavy atom. The summed E-state index contributed by atoms with van der Waals surface area (Å²) in [5, 5.41) is 3.98. The van der Waals surface area contributed by atoms with Crippen LogP contribution in [0, 0.1) is 20.8 Å². The lowest BCUT2D eigenvalue weighted by Crippen LogP contribution is -2.40. The molecule has 0 heterocycles. The zero-order chi connectivity index (χ0) is 24.7. The van der Waals surface area contributed by atoms with E-state index in [4.69, 9.17) is 4.74 Å². The van der Waals surface area contributed by atoms with E-state index < -0.39 is 22.5 Å². The lowest BCUT2D eigenvalue weighted by molar-refractivity contribution is -0.119. The number of nitrogens with one attached hydrogen (secondary N) is 1. The van der Waals surface area contributed by atoms with Crippen LogP contribution in [0.2, 0.25) is 0 Å². The van der Waals surface area contributed by atoms with Crippen LogP contribution in [0.4, 0.5) is 5.69 Å². The van der Waals surface area contributed by atoms with E-state index in [9.17, 15) is 13.2 Å². The molecule has 3 rings (SSSR count). The maximum Gasteiger partial charge on any atom is 0.264 e. The Bertz CT molecular complexity index is 1270. The third-order valence-electron chi connectivity index (χ3n) is 5.11. The molecular formula is C26H29N3O4S. The Balaban J connectivity index is 1.82. The highest BCUT2D eigenvalue weighted by molar-refractivity contribution is 7.92. The summed E-state index contributed by atoms with van der Waals surface area (Å²) in [6, 6.07) is 19.2. The topological polar surface area (TPSA) is 88.1 Å². The molecule has 1 N–H and O–H groups in total. The molecule has 178 valence electrons. The number of anilines is 1. The SMILES string of the molecule is CCOc1ccc(/C=N\NC(=O)CN(c2ccc(C)cc2C)S(=O)(=O)c2ccc(C)cc2)cc1. The normalized spacial score (nSPS) is 11.4. The lowest BCUT2D eigenvalue weighted by atomic mass is 10.1. The van der Waals surface area contributed by atoms with Crippen LogP contribution in [-0.4, -0.2) is 33.7 Å². The summed E-state index contributed by atoms with van der Waals surface area (Å²) < 4.78 is 33.5. The van der Waals surface area contributed by atoms with Gasteiger partial charge in [-0.05, 0) is 81.3 Å². The number of amides is 1. The van der Waals surface area contributed by atoms with E-state index in [1.165, 1.54) is 6.21 Å². The van der Waals surface area contributed by atoms with Crippen LogP contribution in [0.25, 0.3) is 0 Å². The molecule has 0 spiro atoms. The van der Waals surface area contributed by atoms with E-state index in [2.05, 4.69) is 10.5 Å². The summed E-state index contributed by atoms with van der Waals surface area (Å²) >= 11 is 0. The van der Waals surface area contributed by atoms with E-state index >= 15 is 0 Å². The first-order valence-corrected chi connectivity index (χ1v) is 12.4. The van der Waals surface area contributed by atoms with Gasteiger partial charge in [-0.3, -0.25) is 9.10 Å². The Morgan fingerprint density at radius 2 is 1.62 bits per heavy atom. The molecule has 0 saturated heterocycles. The van der Waals surface area contributed by atoms with Crippen LogP contribution >= 0.6 is 0 Å². The number of sulfonamides is 1. The molecule has 0 bridgehead atoms. The number of carbonyl (C=O) groups is 1. The van der Waals surface area contributed by atoms with Gasteiger partial charge in [0.1, 0.15) is 12.3 Å². The van der Waals surface area contributed by atoms with Crippen LogP contribution in [0.15, 0.2) is 76.7 Å². The summed E-state index contributed by atoms with van der Waals surface area (Å²) in [5.74, 6) is 0.187. The molecule has 0 fully saturated rings. The molecule has 0 unspecified atom stereocenters. The highest BCUT2D eigenvalue weighted by Crippen LogP contribution is 2.27. The predicted molar refractivity (Wildman–Crippen MR) is 135 cm³/mol. The van der Waals surface area contributed by atoms with Crippen molar-refractivity contribution < 1.29 is 17.9 Å². The third kappa shape index (κ3) is 6.23. The quantitative estimate of drug-likeness (QED) is 0.365. The fourth-order valence-electron chi connectivity index (χ4n) is 3.38. The van der Waals surface area contributed by atoms with E-state index in [1.807, 2.05) is 64.1 Å². The molecule has 7 nitrogen and oxygen atoms in total. The van der Waals surface area contributed by atoms with Crippen molar-refractivity contribution in [1.29, 1.82) is 0 Å². The van der Waals surface area contributed by atoms with E-state index in [0.717, 1.165) is 32.3 Å².